The summed E-state index contributed by atoms with van der Waals surface area (Å²) in [6.45, 7) is 1.82. The van der Waals surface area contributed by atoms with E-state index < -0.39 is 29.4 Å². The van der Waals surface area contributed by atoms with E-state index in [1.165, 1.54) is 17.8 Å². The average molecular weight is 324 g/mol. The minimum Gasteiger partial charge on any atom is -0.477 e. The van der Waals surface area contributed by atoms with E-state index in [0.717, 1.165) is 10.9 Å². The third-order valence-electron chi connectivity index (χ3n) is 3.63. The van der Waals surface area contributed by atoms with Gasteiger partial charge >= 0.3 is 5.63 Å². The second kappa shape index (κ2) is 5.92. The zero-order valence-corrected chi connectivity index (χ0v) is 12.6. The third kappa shape index (κ3) is 2.85. The maximum Gasteiger partial charge on any atom is 0.336 e. The number of aliphatic hydroxyl groups excluding tert-OH is 3. The molecule has 6 nitrogen and oxygen atoms in total. The van der Waals surface area contributed by atoms with E-state index in [4.69, 9.17) is 9.15 Å². The summed E-state index contributed by atoms with van der Waals surface area (Å²) in [5.41, 5.74) is 0.0713. The highest BCUT2D eigenvalue weighted by atomic mass is 32.2. The molecule has 1 aliphatic rings. The van der Waals surface area contributed by atoms with Crippen molar-refractivity contribution >= 4 is 22.7 Å². The Morgan fingerprint density at radius 3 is 2.77 bits per heavy atom. The standard InChI is InChI=1S/C15H16O6S/c1-7-4-12(17)21-11-5-8(2-3-9(7)11)20-15-14(19)13(18)10(16)6-22-15/h2-5,10,13-16,18-19H,6H2,1H3/t10-,13+,14-,15+/m1/s1. The van der Waals surface area contributed by atoms with Crippen molar-refractivity contribution in [3.8, 4) is 5.75 Å². The summed E-state index contributed by atoms with van der Waals surface area (Å²) >= 11 is 1.22. The van der Waals surface area contributed by atoms with Crippen LogP contribution in [0.2, 0.25) is 0 Å². The largest absolute Gasteiger partial charge is 0.477 e. The minimum absolute atomic E-state index is 0.269. The van der Waals surface area contributed by atoms with Gasteiger partial charge in [-0.1, -0.05) is 0 Å². The highest BCUT2D eigenvalue weighted by molar-refractivity contribution is 7.99. The predicted octanol–water partition coefficient (Wildman–Crippen LogP) is 0.636. The van der Waals surface area contributed by atoms with E-state index in [9.17, 15) is 20.1 Å². The Morgan fingerprint density at radius 2 is 2.00 bits per heavy atom. The summed E-state index contributed by atoms with van der Waals surface area (Å²) in [4.78, 5) is 11.4. The fourth-order valence-electron chi connectivity index (χ4n) is 2.40. The van der Waals surface area contributed by atoms with Gasteiger partial charge in [0, 0.05) is 23.3 Å². The van der Waals surface area contributed by atoms with Crippen LogP contribution in [0.25, 0.3) is 11.0 Å². The summed E-state index contributed by atoms with van der Waals surface area (Å²) in [5.74, 6) is 0.686. The zero-order chi connectivity index (χ0) is 15.9. The number of thioether (sulfide) groups is 1. The molecule has 0 radical (unpaired) electrons. The van der Waals surface area contributed by atoms with Crippen LogP contribution in [-0.4, -0.2) is 44.8 Å². The topological polar surface area (TPSA) is 100 Å². The van der Waals surface area contributed by atoms with Crippen molar-refractivity contribution in [2.75, 3.05) is 5.75 Å². The van der Waals surface area contributed by atoms with Crippen LogP contribution in [-0.2, 0) is 0 Å². The molecular weight excluding hydrogens is 308 g/mol. The molecule has 1 aromatic heterocycles. The zero-order valence-electron chi connectivity index (χ0n) is 11.8. The highest BCUT2D eigenvalue weighted by Gasteiger charge is 2.38. The molecule has 0 saturated carbocycles. The first-order valence-electron chi connectivity index (χ1n) is 6.82. The van der Waals surface area contributed by atoms with Gasteiger partial charge in [0.1, 0.15) is 23.5 Å². The van der Waals surface area contributed by atoms with Gasteiger partial charge < -0.3 is 24.5 Å². The first-order valence-corrected chi connectivity index (χ1v) is 7.87. The van der Waals surface area contributed by atoms with E-state index in [2.05, 4.69) is 0 Å². The molecule has 22 heavy (non-hydrogen) atoms. The highest BCUT2D eigenvalue weighted by Crippen LogP contribution is 2.30. The van der Waals surface area contributed by atoms with Crippen LogP contribution in [0, 0.1) is 6.92 Å². The Labute approximate surface area is 130 Å². The molecule has 118 valence electrons. The predicted molar refractivity (Wildman–Crippen MR) is 82.1 cm³/mol. The molecule has 0 amide bonds. The lowest BCUT2D eigenvalue weighted by Crippen LogP contribution is -2.50. The van der Waals surface area contributed by atoms with Gasteiger partial charge in [-0.3, -0.25) is 0 Å². The van der Waals surface area contributed by atoms with Gasteiger partial charge in [-0.05, 0) is 24.6 Å². The second-order valence-corrected chi connectivity index (χ2v) is 6.41. The monoisotopic (exact) mass is 324 g/mol. The second-order valence-electron chi connectivity index (χ2n) is 5.27. The normalized spacial score (nSPS) is 28.7. The Hall–Kier alpha value is -1.54. The van der Waals surface area contributed by atoms with Gasteiger partial charge in [-0.25, -0.2) is 4.79 Å². The smallest absolute Gasteiger partial charge is 0.336 e. The molecule has 0 bridgehead atoms. The Balaban J connectivity index is 1.87. The van der Waals surface area contributed by atoms with Crippen LogP contribution >= 0.6 is 11.8 Å². The lowest BCUT2D eigenvalue weighted by molar-refractivity contribution is -0.0786. The van der Waals surface area contributed by atoms with Crippen molar-refractivity contribution in [1.82, 2.24) is 0 Å². The van der Waals surface area contributed by atoms with Crippen molar-refractivity contribution in [2.24, 2.45) is 0 Å². The molecule has 3 N–H and O–H groups in total. The molecule has 3 rings (SSSR count). The van der Waals surface area contributed by atoms with Crippen LogP contribution in [0.15, 0.2) is 33.5 Å². The first kappa shape index (κ1) is 15.4. The summed E-state index contributed by atoms with van der Waals surface area (Å²) in [6.07, 6.45) is -3.42. The Kier molecular flexibility index (Phi) is 4.14. The molecule has 0 aliphatic carbocycles. The molecule has 0 spiro atoms. The number of hydrogen-bond acceptors (Lipinski definition) is 7. The van der Waals surface area contributed by atoms with Crippen molar-refractivity contribution < 1.29 is 24.5 Å². The maximum absolute atomic E-state index is 11.4. The van der Waals surface area contributed by atoms with Crippen molar-refractivity contribution in [2.45, 2.75) is 30.7 Å². The molecule has 1 fully saturated rings. The fourth-order valence-corrected chi connectivity index (χ4v) is 3.52. The number of aryl methyl sites for hydroxylation is 1. The first-order chi connectivity index (χ1) is 10.5. The molecule has 2 heterocycles. The van der Waals surface area contributed by atoms with Crippen LogP contribution in [0.4, 0.5) is 0 Å². The van der Waals surface area contributed by atoms with Crippen molar-refractivity contribution in [3.05, 3.63) is 40.2 Å². The van der Waals surface area contributed by atoms with Gasteiger partial charge in [0.15, 0.2) is 5.44 Å². The maximum atomic E-state index is 11.4. The summed E-state index contributed by atoms with van der Waals surface area (Å²) < 4.78 is 10.8. The number of aliphatic hydroxyl groups is 3. The van der Waals surface area contributed by atoms with Crippen LogP contribution in [0.5, 0.6) is 5.75 Å². The van der Waals surface area contributed by atoms with E-state index >= 15 is 0 Å². The molecule has 1 aliphatic heterocycles. The minimum atomic E-state index is -1.24. The number of fused-ring (bicyclic) bond motifs is 1. The van der Waals surface area contributed by atoms with E-state index in [1.54, 1.807) is 18.2 Å². The van der Waals surface area contributed by atoms with Crippen LogP contribution in [0.1, 0.15) is 5.56 Å². The summed E-state index contributed by atoms with van der Waals surface area (Å²) in [5, 5.41) is 29.9. The van der Waals surface area contributed by atoms with Gasteiger partial charge in [0.05, 0.1) is 6.10 Å². The lowest BCUT2D eigenvalue weighted by Gasteiger charge is -2.34. The summed E-state index contributed by atoms with van der Waals surface area (Å²) in [7, 11) is 0. The number of benzene rings is 1. The van der Waals surface area contributed by atoms with Crippen molar-refractivity contribution in [1.29, 1.82) is 0 Å². The van der Waals surface area contributed by atoms with Gasteiger partial charge in [-0.15, -0.1) is 11.8 Å². The lowest BCUT2D eigenvalue weighted by atomic mass is 10.1. The molecule has 0 unspecified atom stereocenters. The third-order valence-corrected chi connectivity index (χ3v) is 4.87. The number of hydrogen-bond donors (Lipinski definition) is 3. The quantitative estimate of drug-likeness (QED) is 0.697. The Bertz CT molecular complexity index is 742. The van der Waals surface area contributed by atoms with Crippen LogP contribution in [0.3, 0.4) is 0 Å². The van der Waals surface area contributed by atoms with Gasteiger partial charge in [-0.2, -0.15) is 0 Å². The summed E-state index contributed by atoms with van der Waals surface area (Å²) in [6, 6.07) is 6.48. The molecule has 2 aromatic rings. The SMILES string of the molecule is Cc1cc(=O)oc2cc(O[C@H]3SC[C@@H](O)[C@H](O)[C@H]3O)ccc12. The molecule has 1 aromatic carbocycles. The van der Waals surface area contributed by atoms with Gasteiger partial charge in [0.2, 0.25) is 0 Å². The van der Waals surface area contributed by atoms with E-state index in [0.29, 0.717) is 11.3 Å². The number of ether oxygens (including phenoxy) is 1. The van der Waals surface area contributed by atoms with Gasteiger partial charge in [0.25, 0.3) is 0 Å². The Morgan fingerprint density at radius 1 is 1.23 bits per heavy atom. The van der Waals surface area contributed by atoms with E-state index in [1.807, 2.05) is 6.92 Å². The molecular formula is C15H16O6S. The average Bonchev–Trinajstić information content (AvgIpc) is 2.47. The molecule has 4 atom stereocenters. The number of rotatable bonds is 2. The molecule has 7 heteroatoms. The molecule has 1 saturated heterocycles. The van der Waals surface area contributed by atoms with E-state index in [-0.39, 0.29) is 5.75 Å². The fraction of sp³-hybridized carbons (Fsp3) is 0.400. The van der Waals surface area contributed by atoms with Crippen molar-refractivity contribution in [3.63, 3.8) is 0 Å². The van der Waals surface area contributed by atoms with Crippen LogP contribution < -0.4 is 10.4 Å².